The van der Waals surface area contributed by atoms with Gasteiger partial charge in [-0.3, -0.25) is 0 Å². The normalized spacial score (nSPS) is 14.3. The number of nitrogens with zero attached hydrogens (tertiary/aromatic N) is 2. The predicted molar refractivity (Wildman–Crippen MR) is 77.2 cm³/mol. The summed E-state index contributed by atoms with van der Waals surface area (Å²) in [5, 5.41) is 14.0. The maximum Gasteiger partial charge on any atom is 0.133 e. The van der Waals surface area contributed by atoms with E-state index in [2.05, 4.69) is 29.1 Å². The lowest BCUT2D eigenvalue weighted by atomic mass is 10.2. The Bertz CT molecular complexity index is 371. The third-order valence-corrected chi connectivity index (χ3v) is 4.12. The van der Waals surface area contributed by atoms with Crippen LogP contribution >= 0.6 is 11.8 Å². The van der Waals surface area contributed by atoms with Crippen LogP contribution in [0.2, 0.25) is 0 Å². The van der Waals surface area contributed by atoms with E-state index in [0.717, 1.165) is 35.8 Å². The van der Waals surface area contributed by atoms with Crippen molar-refractivity contribution in [2.75, 3.05) is 11.9 Å². The Morgan fingerprint density at radius 2 is 2.06 bits per heavy atom. The van der Waals surface area contributed by atoms with E-state index >= 15 is 0 Å². The van der Waals surface area contributed by atoms with Crippen LogP contribution in [0.3, 0.4) is 0 Å². The second-order valence-corrected chi connectivity index (χ2v) is 5.72. The van der Waals surface area contributed by atoms with Gasteiger partial charge in [-0.15, -0.1) is 11.8 Å². The summed E-state index contributed by atoms with van der Waals surface area (Å²) in [6.07, 6.45) is 3.21. The SMILES string of the molecule is CCCNc1ncnc(SC(C)C(C)O)c1CC. The third kappa shape index (κ3) is 4.14. The first kappa shape index (κ1) is 15.2. The molecular weight excluding hydrogens is 246 g/mol. The molecule has 0 radical (unpaired) electrons. The van der Waals surface area contributed by atoms with Gasteiger partial charge in [0.25, 0.3) is 0 Å². The maximum atomic E-state index is 9.58. The summed E-state index contributed by atoms with van der Waals surface area (Å²) in [4.78, 5) is 8.64. The van der Waals surface area contributed by atoms with Crippen molar-refractivity contribution in [2.45, 2.75) is 56.9 Å². The number of aliphatic hydroxyl groups is 1. The molecule has 0 amide bonds. The summed E-state index contributed by atoms with van der Waals surface area (Å²) in [5.41, 5.74) is 1.14. The number of nitrogens with one attached hydrogen (secondary N) is 1. The van der Waals surface area contributed by atoms with Gasteiger partial charge in [-0.05, 0) is 19.8 Å². The lowest BCUT2D eigenvalue weighted by Crippen LogP contribution is -2.16. The van der Waals surface area contributed by atoms with Crippen LogP contribution in [0.5, 0.6) is 0 Å². The average Bonchev–Trinajstić information content (AvgIpc) is 2.36. The van der Waals surface area contributed by atoms with Crippen molar-refractivity contribution in [3.8, 4) is 0 Å². The van der Waals surface area contributed by atoms with Crippen LogP contribution in [0.4, 0.5) is 5.82 Å². The number of hydrogen-bond donors (Lipinski definition) is 2. The van der Waals surface area contributed by atoms with Gasteiger partial charge in [0, 0.05) is 17.4 Å². The number of hydrogen-bond acceptors (Lipinski definition) is 5. The van der Waals surface area contributed by atoms with Crippen LogP contribution in [-0.4, -0.2) is 33.0 Å². The van der Waals surface area contributed by atoms with Crippen molar-refractivity contribution in [1.82, 2.24) is 9.97 Å². The fraction of sp³-hybridized carbons (Fsp3) is 0.692. The summed E-state index contributed by atoms with van der Waals surface area (Å²) < 4.78 is 0. The molecule has 0 aliphatic rings. The number of aromatic nitrogens is 2. The second-order valence-electron chi connectivity index (χ2n) is 4.35. The molecule has 0 aliphatic carbocycles. The third-order valence-electron chi connectivity index (χ3n) is 2.78. The largest absolute Gasteiger partial charge is 0.392 e. The molecule has 0 aromatic carbocycles. The van der Waals surface area contributed by atoms with Crippen LogP contribution in [-0.2, 0) is 6.42 Å². The highest BCUT2D eigenvalue weighted by atomic mass is 32.2. The Kier molecular flexibility index (Phi) is 6.43. The van der Waals surface area contributed by atoms with E-state index < -0.39 is 0 Å². The van der Waals surface area contributed by atoms with E-state index in [0.29, 0.717) is 0 Å². The standard InChI is InChI=1S/C13H23N3OS/c1-5-7-14-12-11(6-2)13(16-8-15-12)18-10(4)9(3)17/h8-10,17H,5-7H2,1-4H3,(H,14,15,16). The minimum Gasteiger partial charge on any atom is -0.392 e. The molecule has 1 heterocycles. The fourth-order valence-corrected chi connectivity index (χ4v) is 2.53. The molecule has 2 atom stereocenters. The van der Waals surface area contributed by atoms with Crippen molar-refractivity contribution >= 4 is 17.6 Å². The van der Waals surface area contributed by atoms with Gasteiger partial charge < -0.3 is 10.4 Å². The van der Waals surface area contributed by atoms with Gasteiger partial charge in [0.2, 0.25) is 0 Å². The van der Waals surface area contributed by atoms with E-state index in [-0.39, 0.29) is 11.4 Å². The zero-order valence-electron chi connectivity index (χ0n) is 11.6. The zero-order chi connectivity index (χ0) is 13.5. The minimum atomic E-state index is -0.346. The van der Waals surface area contributed by atoms with Gasteiger partial charge in [-0.2, -0.15) is 0 Å². The summed E-state index contributed by atoms with van der Waals surface area (Å²) in [6, 6.07) is 0. The van der Waals surface area contributed by atoms with Crippen molar-refractivity contribution in [2.24, 2.45) is 0 Å². The monoisotopic (exact) mass is 269 g/mol. The molecule has 1 aromatic heterocycles. The van der Waals surface area contributed by atoms with Crippen LogP contribution in [0, 0.1) is 0 Å². The Balaban J connectivity index is 2.90. The zero-order valence-corrected chi connectivity index (χ0v) is 12.4. The highest BCUT2D eigenvalue weighted by Gasteiger charge is 2.16. The average molecular weight is 269 g/mol. The molecule has 1 aromatic rings. The summed E-state index contributed by atoms with van der Waals surface area (Å²) in [7, 11) is 0. The van der Waals surface area contributed by atoms with Gasteiger partial charge in [-0.25, -0.2) is 9.97 Å². The van der Waals surface area contributed by atoms with Crippen LogP contribution in [0.25, 0.3) is 0 Å². The van der Waals surface area contributed by atoms with Gasteiger partial charge >= 0.3 is 0 Å². The number of thioether (sulfide) groups is 1. The Morgan fingerprint density at radius 3 is 2.61 bits per heavy atom. The second kappa shape index (κ2) is 7.59. The maximum absolute atomic E-state index is 9.58. The molecule has 0 saturated heterocycles. The molecule has 0 aliphatic heterocycles. The lowest BCUT2D eigenvalue weighted by Gasteiger charge is -2.17. The first-order chi connectivity index (χ1) is 8.60. The first-order valence-corrected chi connectivity index (χ1v) is 7.40. The smallest absolute Gasteiger partial charge is 0.133 e. The van der Waals surface area contributed by atoms with Gasteiger partial charge in [0.15, 0.2) is 0 Å². The van der Waals surface area contributed by atoms with Crippen molar-refractivity contribution < 1.29 is 5.11 Å². The summed E-state index contributed by atoms with van der Waals surface area (Å²) >= 11 is 1.61. The van der Waals surface area contributed by atoms with Crippen LogP contribution < -0.4 is 5.32 Å². The number of anilines is 1. The highest BCUT2D eigenvalue weighted by Crippen LogP contribution is 2.29. The van der Waals surface area contributed by atoms with Crippen molar-refractivity contribution in [1.29, 1.82) is 0 Å². The number of aliphatic hydroxyl groups excluding tert-OH is 1. The predicted octanol–water partition coefficient (Wildman–Crippen LogP) is 2.72. The van der Waals surface area contributed by atoms with E-state index in [1.165, 1.54) is 0 Å². The molecule has 0 saturated carbocycles. The van der Waals surface area contributed by atoms with Gasteiger partial charge in [0.05, 0.1) is 6.10 Å². The Morgan fingerprint density at radius 1 is 1.33 bits per heavy atom. The molecule has 1 rings (SSSR count). The molecule has 102 valence electrons. The fourth-order valence-electron chi connectivity index (χ4n) is 1.49. The highest BCUT2D eigenvalue weighted by molar-refractivity contribution is 7.99. The molecular formula is C13H23N3OS. The van der Waals surface area contributed by atoms with Gasteiger partial charge in [-0.1, -0.05) is 20.8 Å². The quantitative estimate of drug-likeness (QED) is 0.589. The molecule has 4 nitrogen and oxygen atoms in total. The Hall–Kier alpha value is -0.810. The topological polar surface area (TPSA) is 58.0 Å². The summed E-state index contributed by atoms with van der Waals surface area (Å²) in [5.74, 6) is 0.926. The van der Waals surface area contributed by atoms with Crippen LogP contribution in [0.15, 0.2) is 11.4 Å². The molecule has 0 fully saturated rings. The van der Waals surface area contributed by atoms with Gasteiger partial charge in [0.1, 0.15) is 17.2 Å². The van der Waals surface area contributed by atoms with E-state index in [9.17, 15) is 5.11 Å². The van der Waals surface area contributed by atoms with E-state index in [4.69, 9.17) is 0 Å². The molecule has 0 bridgehead atoms. The minimum absolute atomic E-state index is 0.129. The first-order valence-electron chi connectivity index (χ1n) is 6.52. The van der Waals surface area contributed by atoms with Crippen molar-refractivity contribution in [3.63, 3.8) is 0 Å². The molecule has 5 heteroatoms. The van der Waals surface area contributed by atoms with Crippen LogP contribution in [0.1, 0.15) is 39.7 Å². The molecule has 2 N–H and O–H groups in total. The van der Waals surface area contributed by atoms with E-state index in [1.807, 2.05) is 6.92 Å². The summed E-state index contributed by atoms with van der Waals surface area (Å²) in [6.45, 7) is 8.97. The lowest BCUT2D eigenvalue weighted by molar-refractivity contribution is 0.196. The molecule has 2 unspecified atom stereocenters. The molecule has 18 heavy (non-hydrogen) atoms. The number of rotatable bonds is 7. The van der Waals surface area contributed by atoms with Crippen molar-refractivity contribution in [3.05, 3.63) is 11.9 Å². The van der Waals surface area contributed by atoms with E-state index in [1.54, 1.807) is 25.0 Å². The Labute approximate surface area is 114 Å². The molecule has 0 spiro atoms.